The summed E-state index contributed by atoms with van der Waals surface area (Å²) in [5.74, 6) is 2.50. The van der Waals surface area contributed by atoms with Crippen LogP contribution in [-0.4, -0.2) is 25.5 Å². The number of hydrogen-bond donors (Lipinski definition) is 0. The molecule has 0 saturated heterocycles. The van der Waals surface area contributed by atoms with Crippen LogP contribution in [0.15, 0.2) is 51.7 Å². The maximum atomic E-state index is 4.28. The van der Waals surface area contributed by atoms with Crippen molar-refractivity contribution in [1.29, 1.82) is 0 Å². The largest absolute Gasteiger partial charge is 0.337 e. The molecular weight excluding hydrogens is 356 g/mol. The Hall–Kier alpha value is -1.31. The first-order valence-corrected chi connectivity index (χ1v) is 10.6. The number of nitrogens with zero attached hydrogens (tertiary/aromatic N) is 4. The topological polar surface area (TPSA) is 43.6 Å². The minimum absolute atomic E-state index is 0.580. The molecule has 0 aliphatic rings. The predicted octanol–water partition coefficient (Wildman–Crippen LogP) is 4.94. The lowest BCUT2D eigenvalue weighted by atomic mass is 10.0. The van der Waals surface area contributed by atoms with Crippen LogP contribution in [0, 0.1) is 0 Å². The van der Waals surface area contributed by atoms with E-state index in [0.29, 0.717) is 5.92 Å². The van der Waals surface area contributed by atoms with Crippen LogP contribution in [0.1, 0.15) is 30.9 Å². The number of rotatable bonds is 8. The maximum absolute atomic E-state index is 4.28. The lowest BCUT2D eigenvalue weighted by Gasteiger charge is -2.05. The summed E-state index contributed by atoms with van der Waals surface area (Å²) in [6.07, 6.45) is 5.62. The van der Waals surface area contributed by atoms with E-state index in [1.807, 2.05) is 12.5 Å². The van der Waals surface area contributed by atoms with E-state index in [-0.39, 0.29) is 0 Å². The van der Waals surface area contributed by atoms with E-state index in [2.05, 4.69) is 57.9 Å². The second kappa shape index (κ2) is 8.69. The quantitative estimate of drug-likeness (QED) is 0.521. The average molecular weight is 377 g/mol. The zero-order valence-electron chi connectivity index (χ0n) is 13.8. The zero-order valence-corrected chi connectivity index (χ0v) is 16.2. The van der Waals surface area contributed by atoms with E-state index in [9.17, 15) is 0 Å². The Morgan fingerprint density at radius 2 is 1.83 bits per heavy atom. The fourth-order valence-corrected chi connectivity index (χ4v) is 5.11. The number of aryl methyl sites for hydroxylation is 1. The van der Waals surface area contributed by atoms with Crippen molar-refractivity contribution in [3.05, 3.63) is 54.1 Å². The normalized spacial score (nSPS) is 11.3. The van der Waals surface area contributed by atoms with Crippen molar-refractivity contribution >= 4 is 34.9 Å². The molecule has 0 aliphatic carbocycles. The highest BCUT2D eigenvalue weighted by Gasteiger charge is 2.06. The van der Waals surface area contributed by atoms with E-state index in [4.69, 9.17) is 0 Å². The van der Waals surface area contributed by atoms with Gasteiger partial charge in [-0.05, 0) is 17.0 Å². The number of thioether (sulfide) groups is 2. The molecule has 1 aromatic carbocycles. The molecule has 0 aliphatic heterocycles. The van der Waals surface area contributed by atoms with E-state index >= 15 is 0 Å². The van der Waals surface area contributed by atoms with Crippen LogP contribution in [0.4, 0.5) is 0 Å². The predicted molar refractivity (Wildman–Crippen MR) is 103 cm³/mol. The molecule has 0 radical (unpaired) electrons. The summed E-state index contributed by atoms with van der Waals surface area (Å²) < 4.78 is 4.14. The molecule has 0 atom stereocenters. The van der Waals surface area contributed by atoms with Crippen molar-refractivity contribution < 1.29 is 0 Å². The van der Waals surface area contributed by atoms with Gasteiger partial charge in [0, 0.05) is 30.4 Å². The lowest BCUT2D eigenvalue weighted by Crippen LogP contribution is -1.96. The minimum Gasteiger partial charge on any atom is -0.337 e. The Morgan fingerprint density at radius 3 is 2.50 bits per heavy atom. The van der Waals surface area contributed by atoms with Gasteiger partial charge >= 0.3 is 0 Å². The Labute approximate surface area is 155 Å². The van der Waals surface area contributed by atoms with Crippen LogP contribution in [0.5, 0.6) is 0 Å². The van der Waals surface area contributed by atoms with Crippen molar-refractivity contribution in [3.63, 3.8) is 0 Å². The summed E-state index contributed by atoms with van der Waals surface area (Å²) in [6.45, 7) is 5.38. The number of imidazole rings is 1. The van der Waals surface area contributed by atoms with Gasteiger partial charge < -0.3 is 4.57 Å². The highest BCUT2D eigenvalue weighted by molar-refractivity contribution is 8.02. The van der Waals surface area contributed by atoms with E-state index < -0.39 is 0 Å². The van der Waals surface area contributed by atoms with Gasteiger partial charge in [-0.25, -0.2) is 4.98 Å². The minimum atomic E-state index is 0.580. The van der Waals surface area contributed by atoms with Crippen molar-refractivity contribution in [2.45, 2.75) is 40.7 Å². The van der Waals surface area contributed by atoms with E-state index in [1.165, 1.54) is 11.1 Å². The molecule has 3 aromatic rings. The second-order valence-corrected chi connectivity index (χ2v) is 9.21. The summed E-state index contributed by atoms with van der Waals surface area (Å²) >= 11 is 5.18. The first-order valence-electron chi connectivity index (χ1n) is 7.84. The number of benzene rings is 1. The van der Waals surface area contributed by atoms with Gasteiger partial charge in [0.15, 0.2) is 8.68 Å². The van der Waals surface area contributed by atoms with Crippen LogP contribution in [0.2, 0.25) is 0 Å². The molecule has 0 unspecified atom stereocenters. The molecular formula is C17H20N4S3. The molecule has 3 rings (SSSR count). The maximum Gasteiger partial charge on any atom is 0.175 e. The third-order valence-corrected chi connectivity index (χ3v) is 6.77. The van der Waals surface area contributed by atoms with Gasteiger partial charge in [0.1, 0.15) is 0 Å². The first-order chi connectivity index (χ1) is 11.7. The van der Waals surface area contributed by atoms with Gasteiger partial charge in [0.2, 0.25) is 0 Å². The molecule has 0 spiro atoms. The third kappa shape index (κ3) is 5.09. The van der Waals surface area contributed by atoms with Gasteiger partial charge in [-0.1, -0.05) is 73.0 Å². The Morgan fingerprint density at radius 1 is 1.08 bits per heavy atom. The summed E-state index contributed by atoms with van der Waals surface area (Å²) in [6, 6.07) is 8.87. The fraction of sp³-hybridized carbons (Fsp3) is 0.353. The molecule has 126 valence electrons. The van der Waals surface area contributed by atoms with Crippen molar-refractivity contribution in [2.24, 2.45) is 0 Å². The first kappa shape index (κ1) is 17.5. The summed E-state index contributed by atoms with van der Waals surface area (Å²) in [4.78, 5) is 4.04. The van der Waals surface area contributed by atoms with E-state index in [0.717, 1.165) is 26.7 Å². The molecule has 24 heavy (non-hydrogen) atoms. The van der Waals surface area contributed by atoms with E-state index in [1.54, 1.807) is 41.1 Å². The van der Waals surface area contributed by atoms with Gasteiger partial charge in [0.05, 0.1) is 6.33 Å². The molecule has 2 aromatic heterocycles. The number of aromatic nitrogens is 4. The smallest absolute Gasteiger partial charge is 0.175 e. The molecule has 0 bridgehead atoms. The lowest BCUT2D eigenvalue weighted by molar-refractivity contribution is 0.770. The zero-order chi connectivity index (χ0) is 16.8. The van der Waals surface area contributed by atoms with Crippen LogP contribution < -0.4 is 0 Å². The Kier molecular flexibility index (Phi) is 6.34. The highest BCUT2D eigenvalue weighted by atomic mass is 32.2. The van der Waals surface area contributed by atoms with Gasteiger partial charge in [-0.15, -0.1) is 10.2 Å². The summed E-state index contributed by atoms with van der Waals surface area (Å²) in [5.41, 5.74) is 2.71. The highest BCUT2D eigenvalue weighted by Crippen LogP contribution is 2.31. The van der Waals surface area contributed by atoms with Crippen molar-refractivity contribution in [1.82, 2.24) is 19.7 Å². The van der Waals surface area contributed by atoms with Crippen molar-refractivity contribution in [3.8, 4) is 0 Å². The average Bonchev–Trinajstić information content (AvgIpc) is 3.25. The molecule has 4 nitrogen and oxygen atoms in total. The second-order valence-electron chi connectivity index (χ2n) is 5.67. The van der Waals surface area contributed by atoms with Gasteiger partial charge in [-0.2, -0.15) is 0 Å². The van der Waals surface area contributed by atoms with Crippen LogP contribution in [-0.2, 0) is 12.3 Å². The SMILES string of the molecule is CC(C)c1ccc(CSc2nnc(SCCn3ccnc3)s2)cc1. The Bertz CT molecular complexity index is 736. The Balaban J connectivity index is 1.45. The molecule has 0 fully saturated rings. The third-order valence-electron chi connectivity index (χ3n) is 3.53. The van der Waals surface area contributed by atoms with Gasteiger partial charge in [-0.3, -0.25) is 0 Å². The summed E-state index contributed by atoms with van der Waals surface area (Å²) in [5, 5.41) is 8.55. The van der Waals surface area contributed by atoms with Crippen molar-refractivity contribution in [2.75, 3.05) is 5.75 Å². The fourth-order valence-electron chi connectivity index (χ4n) is 2.12. The molecule has 0 amide bonds. The monoisotopic (exact) mass is 376 g/mol. The molecule has 7 heteroatoms. The van der Waals surface area contributed by atoms with Crippen LogP contribution >= 0.6 is 34.9 Å². The molecule has 0 saturated carbocycles. The van der Waals surface area contributed by atoms with Crippen LogP contribution in [0.3, 0.4) is 0 Å². The van der Waals surface area contributed by atoms with Crippen LogP contribution in [0.25, 0.3) is 0 Å². The summed E-state index contributed by atoms with van der Waals surface area (Å²) in [7, 11) is 0. The van der Waals surface area contributed by atoms with Gasteiger partial charge in [0.25, 0.3) is 0 Å². The number of hydrogen-bond acceptors (Lipinski definition) is 6. The standard InChI is InChI=1S/C17H20N4S3/c1-13(2)15-5-3-14(4-6-15)11-23-17-20-19-16(24-17)22-10-9-21-8-7-18-12-21/h3-8,12-13H,9-11H2,1-2H3. The molecule has 0 N–H and O–H groups in total. The molecule has 2 heterocycles.